The van der Waals surface area contributed by atoms with E-state index in [1.807, 2.05) is 13.8 Å². The number of ether oxygens (including phenoxy) is 8. The normalized spacial score (nSPS) is 11.8. The van der Waals surface area contributed by atoms with Crippen molar-refractivity contribution in [3.8, 4) is 0 Å². The van der Waals surface area contributed by atoms with E-state index in [0.717, 1.165) is 0 Å². The van der Waals surface area contributed by atoms with Gasteiger partial charge in [0.15, 0.2) is 0 Å². The lowest BCUT2D eigenvalue weighted by molar-refractivity contribution is -0.130. The van der Waals surface area contributed by atoms with Crippen LogP contribution >= 0.6 is 0 Å². The molecule has 0 saturated carbocycles. The average Bonchev–Trinajstić information content (AvgIpc) is 2.97. The molecule has 0 aromatic carbocycles. The predicted molar refractivity (Wildman–Crippen MR) is 155 cm³/mol. The lowest BCUT2D eigenvalue weighted by Gasteiger charge is -2.21. The third-order valence-corrected chi connectivity index (χ3v) is 5.27. The van der Waals surface area contributed by atoms with Gasteiger partial charge in [-0.2, -0.15) is 0 Å². The predicted octanol–water partition coefficient (Wildman–Crippen LogP) is -0.302. The van der Waals surface area contributed by atoms with Crippen LogP contribution in [0.1, 0.15) is 20.3 Å². The van der Waals surface area contributed by atoms with Crippen LogP contribution in [0.15, 0.2) is 12.7 Å². The van der Waals surface area contributed by atoms with Crippen molar-refractivity contribution in [1.29, 1.82) is 0 Å². The Balaban J connectivity index is 3.45. The maximum Gasteiger partial charge on any atom is 0.243 e. The summed E-state index contributed by atoms with van der Waals surface area (Å²) in [5.74, 6) is -1.17. The van der Waals surface area contributed by atoms with Crippen molar-refractivity contribution in [2.75, 3.05) is 119 Å². The third kappa shape index (κ3) is 26.7. The molecule has 0 aromatic rings. The zero-order chi connectivity index (χ0) is 31.1. The molecule has 3 amide bonds. The van der Waals surface area contributed by atoms with Crippen molar-refractivity contribution in [3.63, 3.8) is 0 Å². The highest BCUT2D eigenvalue weighted by atomic mass is 16.6. The van der Waals surface area contributed by atoms with Crippen LogP contribution < -0.4 is 16.0 Å². The SMILES string of the molecule is C=CCNC(=O)C(NC(=O)CNC(=O)CCOCCOCCOCCOCCOCCOCCOCCOC)C(C)C. The largest absolute Gasteiger partial charge is 0.382 e. The number of methoxy groups -OCH3 is 1. The Morgan fingerprint density at radius 1 is 0.619 bits per heavy atom. The van der Waals surface area contributed by atoms with Crippen molar-refractivity contribution in [3.05, 3.63) is 12.7 Å². The van der Waals surface area contributed by atoms with E-state index in [-0.39, 0.29) is 37.3 Å². The maximum atomic E-state index is 12.1. The van der Waals surface area contributed by atoms with Crippen molar-refractivity contribution < 1.29 is 52.3 Å². The standard InChI is InChI=1S/C28H53N3O11/c1-5-7-29-28(34)27(24(2)3)31-26(33)23-30-25(32)6-8-36-11-12-38-15-16-40-19-20-42-22-21-41-18-17-39-14-13-37-10-9-35-4/h5,24,27H,1,6-23H2,2-4H3,(H,29,34)(H,30,32)(H,31,33). The molecule has 0 aromatic heterocycles. The topological polar surface area (TPSA) is 161 Å². The molecule has 0 radical (unpaired) electrons. The van der Waals surface area contributed by atoms with Gasteiger partial charge in [0.25, 0.3) is 0 Å². The van der Waals surface area contributed by atoms with Gasteiger partial charge >= 0.3 is 0 Å². The minimum Gasteiger partial charge on any atom is -0.382 e. The second kappa shape index (κ2) is 30.3. The van der Waals surface area contributed by atoms with Gasteiger partial charge in [0.05, 0.1) is 106 Å². The van der Waals surface area contributed by atoms with Gasteiger partial charge in [-0.25, -0.2) is 0 Å². The number of nitrogens with one attached hydrogen (secondary N) is 3. The molecular weight excluding hydrogens is 554 g/mol. The lowest BCUT2D eigenvalue weighted by Crippen LogP contribution is -2.52. The van der Waals surface area contributed by atoms with E-state index in [4.69, 9.17) is 37.9 Å². The minimum absolute atomic E-state index is 0.105. The molecule has 0 saturated heterocycles. The summed E-state index contributed by atoms with van der Waals surface area (Å²) < 4.78 is 42.6. The average molecular weight is 608 g/mol. The summed E-state index contributed by atoms with van der Waals surface area (Å²) in [4.78, 5) is 36.2. The number of amides is 3. The monoisotopic (exact) mass is 607 g/mol. The van der Waals surface area contributed by atoms with E-state index >= 15 is 0 Å². The van der Waals surface area contributed by atoms with Crippen molar-refractivity contribution in [1.82, 2.24) is 16.0 Å². The Hall–Kier alpha value is -2.17. The second-order valence-corrected chi connectivity index (χ2v) is 9.13. The second-order valence-electron chi connectivity index (χ2n) is 9.13. The fourth-order valence-electron chi connectivity index (χ4n) is 3.04. The van der Waals surface area contributed by atoms with Gasteiger partial charge < -0.3 is 53.8 Å². The zero-order valence-electron chi connectivity index (χ0n) is 25.7. The van der Waals surface area contributed by atoms with Crippen molar-refractivity contribution >= 4 is 17.7 Å². The molecule has 42 heavy (non-hydrogen) atoms. The van der Waals surface area contributed by atoms with Crippen LogP contribution in [0.2, 0.25) is 0 Å². The van der Waals surface area contributed by atoms with Crippen molar-refractivity contribution in [2.24, 2.45) is 5.92 Å². The number of carbonyl (C=O) groups excluding carboxylic acids is 3. The molecule has 14 heteroatoms. The minimum atomic E-state index is -0.693. The van der Waals surface area contributed by atoms with Gasteiger partial charge in [0, 0.05) is 20.1 Å². The molecule has 0 aliphatic heterocycles. The molecule has 246 valence electrons. The first-order valence-electron chi connectivity index (χ1n) is 14.4. The number of hydrogen-bond donors (Lipinski definition) is 3. The van der Waals surface area contributed by atoms with E-state index in [9.17, 15) is 14.4 Å². The van der Waals surface area contributed by atoms with Gasteiger partial charge in [-0.15, -0.1) is 6.58 Å². The lowest BCUT2D eigenvalue weighted by atomic mass is 10.0. The van der Waals surface area contributed by atoms with Crippen LogP contribution in [-0.4, -0.2) is 143 Å². The first-order chi connectivity index (χ1) is 20.4. The number of hydrogen-bond acceptors (Lipinski definition) is 11. The van der Waals surface area contributed by atoms with Gasteiger partial charge in [0.1, 0.15) is 6.04 Å². The molecule has 14 nitrogen and oxygen atoms in total. The fourth-order valence-corrected chi connectivity index (χ4v) is 3.04. The molecule has 0 spiro atoms. The molecule has 0 rings (SSSR count). The molecule has 0 aliphatic rings. The summed E-state index contributed by atoms with van der Waals surface area (Å²) in [6, 6.07) is -0.693. The quantitative estimate of drug-likeness (QED) is 0.0701. The Morgan fingerprint density at radius 2 is 1.02 bits per heavy atom. The van der Waals surface area contributed by atoms with Crippen LogP contribution in [-0.2, 0) is 52.3 Å². The molecule has 0 aliphatic carbocycles. The molecular formula is C28H53N3O11. The molecule has 1 atom stereocenters. The first kappa shape index (κ1) is 39.8. The summed E-state index contributed by atoms with van der Waals surface area (Å²) in [6.45, 7) is 14.2. The van der Waals surface area contributed by atoms with Gasteiger partial charge in [0.2, 0.25) is 17.7 Å². The Kier molecular flexibility index (Phi) is 28.7. The summed E-state index contributed by atoms with van der Waals surface area (Å²) in [5.41, 5.74) is 0. The summed E-state index contributed by atoms with van der Waals surface area (Å²) in [5, 5.41) is 7.81. The Labute approximate surface area is 250 Å². The summed E-state index contributed by atoms with van der Waals surface area (Å²) in [7, 11) is 1.63. The van der Waals surface area contributed by atoms with E-state index in [0.29, 0.717) is 99.0 Å². The number of carbonyl (C=O) groups is 3. The van der Waals surface area contributed by atoms with Gasteiger partial charge in [-0.05, 0) is 5.92 Å². The van der Waals surface area contributed by atoms with Crippen LogP contribution in [0, 0.1) is 5.92 Å². The van der Waals surface area contributed by atoms with E-state index in [1.54, 1.807) is 13.2 Å². The van der Waals surface area contributed by atoms with Crippen LogP contribution in [0.3, 0.4) is 0 Å². The molecule has 0 heterocycles. The molecule has 0 bridgehead atoms. The van der Waals surface area contributed by atoms with Gasteiger partial charge in [-0.3, -0.25) is 14.4 Å². The Bertz CT molecular complexity index is 683. The molecule has 3 N–H and O–H groups in total. The smallest absolute Gasteiger partial charge is 0.243 e. The third-order valence-electron chi connectivity index (χ3n) is 5.27. The molecule has 0 fully saturated rings. The summed E-state index contributed by atoms with van der Waals surface area (Å²) >= 11 is 0. The first-order valence-corrected chi connectivity index (χ1v) is 14.4. The molecule has 1 unspecified atom stereocenters. The van der Waals surface area contributed by atoms with E-state index < -0.39 is 11.9 Å². The Morgan fingerprint density at radius 3 is 1.40 bits per heavy atom. The summed E-state index contributed by atoms with van der Waals surface area (Å²) in [6.07, 6.45) is 1.66. The van der Waals surface area contributed by atoms with Gasteiger partial charge in [-0.1, -0.05) is 19.9 Å². The van der Waals surface area contributed by atoms with Crippen LogP contribution in [0.5, 0.6) is 0 Å². The van der Waals surface area contributed by atoms with Crippen LogP contribution in [0.25, 0.3) is 0 Å². The highest BCUT2D eigenvalue weighted by Gasteiger charge is 2.23. The van der Waals surface area contributed by atoms with E-state index in [1.165, 1.54) is 0 Å². The maximum absolute atomic E-state index is 12.1. The van der Waals surface area contributed by atoms with E-state index in [2.05, 4.69) is 22.5 Å². The highest BCUT2D eigenvalue weighted by molar-refractivity contribution is 5.90. The number of rotatable bonds is 31. The fraction of sp³-hybridized carbons (Fsp3) is 0.821. The van der Waals surface area contributed by atoms with Crippen molar-refractivity contribution in [2.45, 2.75) is 26.3 Å². The highest BCUT2D eigenvalue weighted by Crippen LogP contribution is 2.01. The van der Waals surface area contributed by atoms with Crippen LogP contribution in [0.4, 0.5) is 0 Å². The zero-order valence-corrected chi connectivity index (χ0v) is 25.7.